The number of amides is 1. The number of carbonyl (C=O) groups is 2. The number of benzene rings is 2. The highest BCUT2D eigenvalue weighted by Gasteiger charge is 2.23. The monoisotopic (exact) mass is 585 g/mol. The molecule has 0 aliphatic heterocycles. The summed E-state index contributed by atoms with van der Waals surface area (Å²) < 4.78 is 12.1. The number of nitrogens with one attached hydrogen (secondary N) is 1. The summed E-state index contributed by atoms with van der Waals surface area (Å²) >= 11 is 3.16. The Hall–Kier alpha value is -2.76. The van der Waals surface area contributed by atoms with Gasteiger partial charge in [0.1, 0.15) is 17.2 Å². The molecular weight excluding hydrogens is 546 g/mol. The number of hydrogen-bond acceptors (Lipinski definition) is 8. The van der Waals surface area contributed by atoms with Gasteiger partial charge in [-0.05, 0) is 80.8 Å². The summed E-state index contributed by atoms with van der Waals surface area (Å²) in [6, 6.07) is 12.5. The normalized spacial score (nSPS) is 12.8. The molecule has 0 spiro atoms. The van der Waals surface area contributed by atoms with E-state index in [2.05, 4.69) is 15.2 Å². The van der Waals surface area contributed by atoms with Crippen molar-refractivity contribution in [2.75, 3.05) is 39.3 Å². The minimum atomic E-state index is -1.04. The average Bonchev–Trinajstić information content (AvgIpc) is 3.38. The first kappa shape index (κ1) is 31.8. The Morgan fingerprint density at radius 3 is 2.62 bits per heavy atom. The van der Waals surface area contributed by atoms with E-state index in [1.54, 1.807) is 29.2 Å². The zero-order valence-electron chi connectivity index (χ0n) is 23.8. The van der Waals surface area contributed by atoms with E-state index >= 15 is 0 Å². The molecule has 0 aliphatic carbocycles. The Bertz CT molecular complexity index is 1260. The number of aryl methyl sites for hydroxylation is 1. The molecule has 0 bridgehead atoms. The van der Waals surface area contributed by atoms with Crippen molar-refractivity contribution in [1.29, 1.82) is 0 Å². The number of rotatable bonds is 16. The maximum atomic E-state index is 13.3. The van der Waals surface area contributed by atoms with Crippen LogP contribution in [0.2, 0.25) is 0 Å². The smallest absolute Gasteiger partial charge is 0.326 e. The number of thiazole rings is 1. The topological polar surface area (TPSA) is 101 Å². The van der Waals surface area contributed by atoms with Crippen molar-refractivity contribution in [3.63, 3.8) is 0 Å². The van der Waals surface area contributed by atoms with Gasteiger partial charge in [-0.25, -0.2) is 9.78 Å². The summed E-state index contributed by atoms with van der Waals surface area (Å²) in [4.78, 5) is 32.7. The van der Waals surface area contributed by atoms with Gasteiger partial charge in [-0.1, -0.05) is 30.3 Å². The molecular formula is C30H39N3O5S2. The van der Waals surface area contributed by atoms with E-state index in [0.717, 1.165) is 38.7 Å². The van der Waals surface area contributed by atoms with Crippen LogP contribution in [0.1, 0.15) is 50.8 Å². The van der Waals surface area contributed by atoms with Crippen molar-refractivity contribution in [2.45, 2.75) is 45.6 Å². The van der Waals surface area contributed by atoms with Crippen LogP contribution >= 0.6 is 23.1 Å². The summed E-state index contributed by atoms with van der Waals surface area (Å²) in [7, 11) is 4.02. The van der Waals surface area contributed by atoms with Crippen LogP contribution in [0.4, 0.5) is 0 Å². The van der Waals surface area contributed by atoms with Crippen molar-refractivity contribution in [3.8, 4) is 11.1 Å². The zero-order chi connectivity index (χ0) is 29.1. The summed E-state index contributed by atoms with van der Waals surface area (Å²) in [5, 5.41) is 13.4. The molecule has 10 heteroatoms. The van der Waals surface area contributed by atoms with E-state index in [4.69, 9.17) is 9.47 Å². The number of ether oxygens (including phenoxy) is 2. The van der Waals surface area contributed by atoms with Gasteiger partial charge in [0.15, 0.2) is 0 Å². The number of nitrogens with zero attached hydrogens (tertiary/aromatic N) is 2. The predicted molar refractivity (Wildman–Crippen MR) is 162 cm³/mol. The number of hydrogen-bond donors (Lipinski definition) is 2. The van der Waals surface area contributed by atoms with Gasteiger partial charge in [0.05, 0.1) is 18.1 Å². The average molecular weight is 586 g/mol. The van der Waals surface area contributed by atoms with E-state index in [0.29, 0.717) is 37.6 Å². The van der Waals surface area contributed by atoms with Crippen molar-refractivity contribution < 1.29 is 24.2 Å². The van der Waals surface area contributed by atoms with Crippen LogP contribution in [0.25, 0.3) is 11.1 Å². The van der Waals surface area contributed by atoms with Crippen molar-refractivity contribution in [1.82, 2.24) is 15.2 Å². The summed E-state index contributed by atoms with van der Waals surface area (Å²) in [5.74, 6) is -0.814. The van der Waals surface area contributed by atoms with E-state index in [-0.39, 0.29) is 6.10 Å². The standard InChI is InChI=1S/C30H39N3O5S2/c1-6-37-19-26(27-16-31-28(40-27)17-33(3)4)38-18-21-11-12-23(24(15-21)22-10-8-7-9-20(22)2)29(34)32-25(30(35)36)13-14-39-5/h7-12,15-16,25-26H,6,13-14,17-19H2,1-5H3,(H,32,34)(H,35,36)/t25-,26-/m0/s1. The fraction of sp³-hybridized carbons (Fsp3) is 0.433. The zero-order valence-corrected chi connectivity index (χ0v) is 25.4. The molecule has 0 fully saturated rings. The predicted octanol–water partition coefficient (Wildman–Crippen LogP) is 5.41. The van der Waals surface area contributed by atoms with Gasteiger partial charge in [-0.2, -0.15) is 11.8 Å². The van der Waals surface area contributed by atoms with Gasteiger partial charge < -0.3 is 24.8 Å². The molecule has 0 unspecified atom stereocenters. The summed E-state index contributed by atoms with van der Waals surface area (Å²) in [6.45, 7) is 6.01. The van der Waals surface area contributed by atoms with Crippen LogP contribution in [-0.4, -0.2) is 72.2 Å². The number of carboxylic acid groups (broad SMARTS) is 1. The molecule has 3 aromatic rings. The van der Waals surface area contributed by atoms with Crippen LogP contribution in [0.5, 0.6) is 0 Å². The lowest BCUT2D eigenvalue weighted by Crippen LogP contribution is -2.41. The second-order valence-electron chi connectivity index (χ2n) is 9.69. The molecule has 3 rings (SSSR count). The Balaban J connectivity index is 1.88. The third-order valence-corrected chi connectivity index (χ3v) is 7.96. The maximum Gasteiger partial charge on any atom is 0.326 e. The lowest BCUT2D eigenvalue weighted by Gasteiger charge is -2.19. The first-order valence-electron chi connectivity index (χ1n) is 13.2. The minimum Gasteiger partial charge on any atom is -0.480 e. The molecule has 2 N–H and O–H groups in total. The van der Waals surface area contributed by atoms with Crippen molar-refractivity contribution in [3.05, 3.63) is 75.2 Å². The fourth-order valence-electron chi connectivity index (χ4n) is 4.16. The molecule has 1 amide bonds. The molecule has 2 aromatic carbocycles. The Kier molecular flexibility index (Phi) is 12.6. The first-order chi connectivity index (χ1) is 19.2. The molecule has 0 aliphatic rings. The summed E-state index contributed by atoms with van der Waals surface area (Å²) in [5.41, 5.74) is 3.98. The second kappa shape index (κ2) is 15.9. The Morgan fingerprint density at radius 1 is 1.18 bits per heavy atom. The van der Waals surface area contributed by atoms with E-state index in [1.165, 1.54) is 0 Å². The largest absolute Gasteiger partial charge is 0.480 e. The molecule has 8 nitrogen and oxygen atoms in total. The molecule has 0 saturated heterocycles. The van der Waals surface area contributed by atoms with Gasteiger partial charge in [-0.15, -0.1) is 11.3 Å². The van der Waals surface area contributed by atoms with Crippen molar-refractivity contribution >= 4 is 35.0 Å². The number of carboxylic acids is 1. The molecule has 216 valence electrons. The Labute approximate surface area is 245 Å². The first-order valence-corrected chi connectivity index (χ1v) is 15.4. The van der Waals surface area contributed by atoms with Gasteiger partial charge >= 0.3 is 5.97 Å². The highest BCUT2D eigenvalue weighted by molar-refractivity contribution is 7.98. The quantitative estimate of drug-likeness (QED) is 0.230. The lowest BCUT2D eigenvalue weighted by atomic mass is 9.93. The molecule has 0 radical (unpaired) electrons. The Morgan fingerprint density at radius 2 is 1.95 bits per heavy atom. The third-order valence-electron chi connectivity index (χ3n) is 6.24. The van der Waals surface area contributed by atoms with Gasteiger partial charge in [0.2, 0.25) is 0 Å². The summed E-state index contributed by atoms with van der Waals surface area (Å²) in [6.07, 6.45) is 3.85. The number of thioether (sulfide) groups is 1. The third kappa shape index (κ3) is 9.14. The van der Waals surface area contributed by atoms with Gasteiger partial charge in [-0.3, -0.25) is 4.79 Å². The highest BCUT2D eigenvalue weighted by atomic mass is 32.2. The molecule has 1 aromatic heterocycles. The fourth-order valence-corrected chi connectivity index (χ4v) is 5.70. The number of aromatic nitrogens is 1. The van der Waals surface area contributed by atoms with Gasteiger partial charge in [0.25, 0.3) is 5.91 Å². The highest BCUT2D eigenvalue weighted by Crippen LogP contribution is 2.30. The van der Waals surface area contributed by atoms with E-state index in [1.807, 2.05) is 76.8 Å². The number of carbonyl (C=O) groups excluding carboxylic acids is 1. The molecule has 0 saturated carbocycles. The SMILES string of the molecule is CCOC[C@H](OCc1ccc(C(=O)N[C@@H](CCSC)C(=O)O)c(-c2ccccc2C)c1)c1cnc(CN(C)C)s1. The molecule has 2 atom stereocenters. The van der Waals surface area contributed by atoms with Crippen LogP contribution in [-0.2, 0) is 27.4 Å². The number of aliphatic carboxylic acids is 1. The van der Waals surface area contributed by atoms with E-state index in [9.17, 15) is 14.7 Å². The van der Waals surface area contributed by atoms with Gasteiger partial charge in [0, 0.05) is 24.9 Å². The van der Waals surface area contributed by atoms with Crippen LogP contribution in [0, 0.1) is 6.92 Å². The minimum absolute atomic E-state index is 0.272. The van der Waals surface area contributed by atoms with Crippen molar-refractivity contribution in [2.24, 2.45) is 0 Å². The lowest BCUT2D eigenvalue weighted by molar-refractivity contribution is -0.139. The maximum absolute atomic E-state index is 13.3. The second-order valence-corrected chi connectivity index (χ2v) is 11.8. The molecule has 1 heterocycles. The van der Waals surface area contributed by atoms with E-state index < -0.39 is 17.9 Å². The van der Waals surface area contributed by atoms with Crippen LogP contribution < -0.4 is 5.32 Å². The molecule has 40 heavy (non-hydrogen) atoms. The van der Waals surface area contributed by atoms with Crippen LogP contribution in [0.3, 0.4) is 0 Å². The van der Waals surface area contributed by atoms with Crippen LogP contribution in [0.15, 0.2) is 48.7 Å².